The molecule has 0 aromatic carbocycles. The Balaban J connectivity index is 1.67. The highest BCUT2D eigenvalue weighted by molar-refractivity contribution is 7.09. The number of rotatable bonds is 5. The van der Waals surface area contributed by atoms with Gasteiger partial charge >= 0.3 is 0 Å². The van der Waals surface area contributed by atoms with Gasteiger partial charge in [0, 0.05) is 24.0 Å². The van der Waals surface area contributed by atoms with Crippen molar-refractivity contribution in [3.8, 4) is 0 Å². The van der Waals surface area contributed by atoms with E-state index in [1.54, 1.807) is 0 Å². The average Bonchev–Trinajstić information content (AvgIpc) is 2.82. The summed E-state index contributed by atoms with van der Waals surface area (Å²) in [5.41, 5.74) is 0.556. The van der Waals surface area contributed by atoms with Gasteiger partial charge in [-0.05, 0) is 49.7 Å². The average molecular weight is 266 g/mol. The molecule has 18 heavy (non-hydrogen) atoms. The van der Waals surface area contributed by atoms with Crippen LogP contribution < -0.4 is 5.32 Å². The molecule has 2 rings (SSSR count). The fraction of sp³-hybridized carbons (Fsp3) is 0.733. The van der Waals surface area contributed by atoms with E-state index in [0.717, 1.165) is 13.1 Å². The molecule has 1 saturated heterocycles. The quantitative estimate of drug-likeness (QED) is 0.879. The number of nitrogens with zero attached hydrogens (tertiary/aromatic N) is 1. The van der Waals surface area contributed by atoms with E-state index >= 15 is 0 Å². The van der Waals surface area contributed by atoms with Crippen LogP contribution in [0.2, 0.25) is 0 Å². The first-order valence-electron chi connectivity index (χ1n) is 7.04. The first-order valence-corrected chi connectivity index (χ1v) is 7.92. The number of likely N-dealkylation sites (tertiary alicyclic amines) is 1. The number of nitrogens with one attached hydrogen (secondary N) is 1. The first kappa shape index (κ1) is 14.0. The molecule has 2 heterocycles. The molecule has 1 atom stereocenters. The van der Waals surface area contributed by atoms with Crippen molar-refractivity contribution in [2.24, 2.45) is 5.41 Å². The standard InChI is InChI=1S/C15H26N2S/c1-13(11-16-12-14-5-4-10-18-14)17-8-6-15(2,3)7-9-17/h4-5,10,13,16H,6-9,11-12H2,1-3H3. The molecule has 1 aromatic rings. The molecule has 1 unspecified atom stereocenters. The van der Waals surface area contributed by atoms with E-state index in [4.69, 9.17) is 0 Å². The fourth-order valence-corrected chi connectivity index (χ4v) is 3.19. The van der Waals surface area contributed by atoms with E-state index in [1.807, 2.05) is 11.3 Å². The third-order valence-electron chi connectivity index (χ3n) is 4.09. The van der Waals surface area contributed by atoms with Crippen molar-refractivity contribution in [2.45, 2.75) is 46.2 Å². The molecule has 1 fully saturated rings. The molecular formula is C15H26N2S. The summed E-state index contributed by atoms with van der Waals surface area (Å²) in [6.07, 6.45) is 2.67. The number of hydrogen-bond donors (Lipinski definition) is 1. The molecule has 3 heteroatoms. The van der Waals surface area contributed by atoms with Gasteiger partial charge in [0.25, 0.3) is 0 Å². The van der Waals surface area contributed by atoms with Crippen LogP contribution in [0, 0.1) is 5.41 Å². The van der Waals surface area contributed by atoms with Crippen molar-refractivity contribution in [1.82, 2.24) is 10.2 Å². The lowest BCUT2D eigenvalue weighted by Gasteiger charge is -2.40. The van der Waals surface area contributed by atoms with Crippen molar-refractivity contribution in [1.29, 1.82) is 0 Å². The minimum atomic E-state index is 0.556. The van der Waals surface area contributed by atoms with Crippen molar-refractivity contribution < 1.29 is 0 Å². The Morgan fingerprint density at radius 2 is 2.11 bits per heavy atom. The SMILES string of the molecule is CC(CNCc1cccs1)N1CCC(C)(C)CC1. The molecule has 0 bridgehead atoms. The summed E-state index contributed by atoms with van der Waals surface area (Å²) in [5.74, 6) is 0. The van der Waals surface area contributed by atoms with Gasteiger partial charge in [-0.3, -0.25) is 4.90 Å². The summed E-state index contributed by atoms with van der Waals surface area (Å²) in [5, 5.41) is 5.72. The third kappa shape index (κ3) is 4.08. The van der Waals surface area contributed by atoms with Gasteiger partial charge in [-0.1, -0.05) is 19.9 Å². The lowest BCUT2D eigenvalue weighted by Crippen LogP contribution is -2.46. The van der Waals surface area contributed by atoms with Crippen molar-refractivity contribution in [2.75, 3.05) is 19.6 Å². The zero-order valence-electron chi connectivity index (χ0n) is 11.9. The maximum atomic E-state index is 3.57. The van der Waals surface area contributed by atoms with Gasteiger partial charge < -0.3 is 5.32 Å². The molecule has 1 aliphatic rings. The van der Waals surface area contributed by atoms with Crippen LogP contribution in [0.5, 0.6) is 0 Å². The number of piperidine rings is 1. The molecular weight excluding hydrogens is 240 g/mol. The smallest absolute Gasteiger partial charge is 0.0300 e. The molecule has 102 valence electrons. The van der Waals surface area contributed by atoms with E-state index in [1.165, 1.54) is 30.8 Å². The molecule has 0 radical (unpaired) electrons. The van der Waals surface area contributed by atoms with Crippen LogP contribution in [0.15, 0.2) is 17.5 Å². The zero-order chi connectivity index (χ0) is 13.0. The largest absolute Gasteiger partial charge is 0.310 e. The summed E-state index contributed by atoms with van der Waals surface area (Å²) < 4.78 is 0. The van der Waals surface area contributed by atoms with Gasteiger partial charge in [-0.25, -0.2) is 0 Å². The minimum Gasteiger partial charge on any atom is -0.310 e. The van der Waals surface area contributed by atoms with Gasteiger partial charge in [0.1, 0.15) is 0 Å². The molecule has 1 aromatic heterocycles. The maximum Gasteiger partial charge on any atom is 0.0300 e. The Hall–Kier alpha value is -0.380. The van der Waals surface area contributed by atoms with Gasteiger partial charge in [0.05, 0.1) is 0 Å². The lowest BCUT2D eigenvalue weighted by atomic mass is 9.82. The summed E-state index contributed by atoms with van der Waals surface area (Å²) in [4.78, 5) is 4.06. The maximum absolute atomic E-state index is 3.57. The van der Waals surface area contributed by atoms with Gasteiger partial charge in [0.15, 0.2) is 0 Å². The predicted molar refractivity (Wildman–Crippen MR) is 80.1 cm³/mol. The Labute approximate surface area is 115 Å². The number of thiophene rings is 1. The summed E-state index contributed by atoms with van der Waals surface area (Å²) in [6.45, 7) is 11.8. The normalized spacial score (nSPS) is 21.9. The summed E-state index contributed by atoms with van der Waals surface area (Å²) in [6, 6.07) is 4.98. The third-order valence-corrected chi connectivity index (χ3v) is 4.97. The second-order valence-electron chi connectivity index (χ2n) is 6.26. The van der Waals surface area contributed by atoms with Crippen LogP contribution in [0.25, 0.3) is 0 Å². The van der Waals surface area contributed by atoms with Crippen LogP contribution >= 0.6 is 11.3 Å². The highest BCUT2D eigenvalue weighted by Gasteiger charge is 2.27. The van der Waals surface area contributed by atoms with Crippen LogP contribution in [-0.4, -0.2) is 30.6 Å². The lowest BCUT2D eigenvalue weighted by molar-refractivity contribution is 0.0997. The molecule has 0 amide bonds. The molecule has 0 saturated carbocycles. The molecule has 0 spiro atoms. The highest BCUT2D eigenvalue weighted by atomic mass is 32.1. The van der Waals surface area contributed by atoms with Crippen molar-refractivity contribution >= 4 is 11.3 Å². The predicted octanol–water partition coefficient (Wildman–Crippen LogP) is 3.35. The Morgan fingerprint density at radius 3 is 2.72 bits per heavy atom. The monoisotopic (exact) mass is 266 g/mol. The topological polar surface area (TPSA) is 15.3 Å². The van der Waals surface area contributed by atoms with E-state index in [9.17, 15) is 0 Å². The zero-order valence-corrected chi connectivity index (χ0v) is 12.7. The van der Waals surface area contributed by atoms with E-state index in [-0.39, 0.29) is 0 Å². The van der Waals surface area contributed by atoms with Crippen LogP contribution in [0.1, 0.15) is 38.5 Å². The van der Waals surface area contributed by atoms with Crippen molar-refractivity contribution in [3.05, 3.63) is 22.4 Å². The van der Waals surface area contributed by atoms with Crippen LogP contribution in [0.3, 0.4) is 0 Å². The van der Waals surface area contributed by atoms with E-state index in [0.29, 0.717) is 11.5 Å². The molecule has 2 nitrogen and oxygen atoms in total. The molecule has 1 N–H and O–H groups in total. The van der Waals surface area contributed by atoms with Gasteiger partial charge in [-0.2, -0.15) is 0 Å². The van der Waals surface area contributed by atoms with Crippen molar-refractivity contribution in [3.63, 3.8) is 0 Å². The first-order chi connectivity index (χ1) is 8.57. The van der Waals surface area contributed by atoms with Gasteiger partial charge in [-0.15, -0.1) is 11.3 Å². The van der Waals surface area contributed by atoms with Gasteiger partial charge in [0.2, 0.25) is 0 Å². The Bertz CT molecular complexity index is 335. The molecule has 0 aliphatic carbocycles. The van der Waals surface area contributed by atoms with E-state index < -0.39 is 0 Å². The summed E-state index contributed by atoms with van der Waals surface area (Å²) >= 11 is 1.83. The minimum absolute atomic E-state index is 0.556. The van der Waals surface area contributed by atoms with E-state index in [2.05, 4.69) is 48.5 Å². The second kappa shape index (κ2) is 6.18. The molecule has 1 aliphatic heterocycles. The number of hydrogen-bond acceptors (Lipinski definition) is 3. The second-order valence-corrected chi connectivity index (χ2v) is 7.29. The fourth-order valence-electron chi connectivity index (χ4n) is 2.52. The Kier molecular flexibility index (Phi) is 4.82. The highest BCUT2D eigenvalue weighted by Crippen LogP contribution is 2.30. The van der Waals surface area contributed by atoms with Crippen LogP contribution in [-0.2, 0) is 6.54 Å². The van der Waals surface area contributed by atoms with Crippen LogP contribution in [0.4, 0.5) is 0 Å². The summed E-state index contributed by atoms with van der Waals surface area (Å²) in [7, 11) is 0. The Morgan fingerprint density at radius 1 is 1.39 bits per heavy atom.